The summed E-state index contributed by atoms with van der Waals surface area (Å²) in [6, 6.07) is 9.55. The van der Waals surface area contributed by atoms with E-state index in [1.54, 1.807) is 6.92 Å². The van der Waals surface area contributed by atoms with Crippen molar-refractivity contribution in [2.24, 2.45) is 0 Å². The summed E-state index contributed by atoms with van der Waals surface area (Å²) in [5, 5.41) is 0. The van der Waals surface area contributed by atoms with Crippen LogP contribution in [-0.2, 0) is 14.9 Å². The Morgan fingerprint density at radius 3 is 2.42 bits per heavy atom. The second-order valence-corrected chi connectivity index (χ2v) is 8.03. The number of amides is 1. The summed E-state index contributed by atoms with van der Waals surface area (Å²) in [4.78, 5) is 15.2. The van der Waals surface area contributed by atoms with Crippen LogP contribution in [0.3, 0.4) is 0 Å². The standard InChI is InChI=1S/C17H28N4O4S/c1-4-25-17(22)20-10-12-21(13-11-20)26(23,24)18-15(2)14-19(3)16-8-6-5-7-9-16/h5-9,15,18H,4,10-14H2,1-3H3/t15-/m0/s1. The molecule has 2 rings (SSSR count). The number of rotatable bonds is 7. The maximum absolute atomic E-state index is 12.6. The van der Waals surface area contributed by atoms with Gasteiger partial charge in [-0.15, -0.1) is 0 Å². The zero-order valence-corrected chi connectivity index (χ0v) is 16.4. The number of carbonyl (C=O) groups excluding carboxylic acids is 1. The fourth-order valence-electron chi connectivity index (χ4n) is 2.89. The van der Waals surface area contributed by atoms with Gasteiger partial charge in [0.2, 0.25) is 0 Å². The molecule has 1 aliphatic rings. The molecule has 0 radical (unpaired) electrons. The van der Waals surface area contributed by atoms with Gasteiger partial charge in [0.15, 0.2) is 0 Å². The first-order valence-corrected chi connectivity index (χ1v) is 10.2. The zero-order chi connectivity index (χ0) is 19.2. The highest BCUT2D eigenvalue weighted by atomic mass is 32.2. The van der Waals surface area contributed by atoms with Gasteiger partial charge in [-0.2, -0.15) is 17.4 Å². The first-order valence-electron chi connectivity index (χ1n) is 8.78. The molecule has 1 atom stereocenters. The van der Waals surface area contributed by atoms with Crippen LogP contribution in [0.25, 0.3) is 0 Å². The Balaban J connectivity index is 1.85. The topological polar surface area (TPSA) is 82.2 Å². The Kier molecular flexibility index (Phi) is 7.24. The van der Waals surface area contributed by atoms with Crippen LogP contribution in [0.2, 0.25) is 0 Å². The van der Waals surface area contributed by atoms with E-state index in [2.05, 4.69) is 4.72 Å². The van der Waals surface area contributed by atoms with Gasteiger partial charge >= 0.3 is 6.09 Å². The SMILES string of the molecule is CCOC(=O)N1CCN(S(=O)(=O)N[C@@H](C)CN(C)c2ccccc2)CC1. The lowest BCUT2D eigenvalue weighted by Gasteiger charge is -2.34. The molecule has 1 amide bonds. The van der Waals surface area contributed by atoms with Crippen molar-refractivity contribution in [3.63, 3.8) is 0 Å². The van der Waals surface area contributed by atoms with Crippen LogP contribution in [0, 0.1) is 0 Å². The summed E-state index contributed by atoms with van der Waals surface area (Å²) in [6.07, 6.45) is -0.393. The van der Waals surface area contributed by atoms with E-state index in [9.17, 15) is 13.2 Å². The van der Waals surface area contributed by atoms with Crippen LogP contribution in [0.1, 0.15) is 13.8 Å². The van der Waals surface area contributed by atoms with Crippen molar-refractivity contribution in [1.29, 1.82) is 0 Å². The number of hydrogen-bond donors (Lipinski definition) is 1. The van der Waals surface area contributed by atoms with E-state index in [0.717, 1.165) is 5.69 Å². The summed E-state index contributed by atoms with van der Waals surface area (Å²) >= 11 is 0. The number of likely N-dealkylation sites (N-methyl/N-ethyl adjacent to an activating group) is 1. The number of ether oxygens (including phenoxy) is 1. The highest BCUT2D eigenvalue weighted by Crippen LogP contribution is 2.12. The van der Waals surface area contributed by atoms with Crippen molar-refractivity contribution in [2.45, 2.75) is 19.9 Å². The average Bonchev–Trinajstić information content (AvgIpc) is 2.62. The fourth-order valence-corrected chi connectivity index (χ4v) is 4.27. The number of piperazine rings is 1. The largest absolute Gasteiger partial charge is 0.450 e. The lowest BCUT2D eigenvalue weighted by atomic mass is 10.2. The van der Waals surface area contributed by atoms with Crippen LogP contribution in [0.4, 0.5) is 10.5 Å². The number of hydrogen-bond acceptors (Lipinski definition) is 5. The molecule has 26 heavy (non-hydrogen) atoms. The first-order chi connectivity index (χ1) is 12.3. The highest BCUT2D eigenvalue weighted by Gasteiger charge is 2.30. The molecular formula is C17H28N4O4S. The smallest absolute Gasteiger partial charge is 0.409 e. The predicted octanol–water partition coefficient (Wildman–Crippen LogP) is 1.12. The van der Waals surface area contributed by atoms with Gasteiger partial charge in [0.05, 0.1) is 6.61 Å². The lowest BCUT2D eigenvalue weighted by molar-refractivity contribution is 0.0932. The van der Waals surface area contributed by atoms with Crippen molar-refractivity contribution < 1.29 is 17.9 Å². The second kappa shape index (κ2) is 9.20. The van der Waals surface area contributed by atoms with Crippen molar-refractivity contribution in [1.82, 2.24) is 13.9 Å². The van der Waals surface area contributed by atoms with Gasteiger partial charge in [-0.1, -0.05) is 18.2 Å². The Hall–Kier alpha value is -1.84. The van der Waals surface area contributed by atoms with Crippen molar-refractivity contribution in [3.8, 4) is 0 Å². The van der Waals surface area contributed by atoms with E-state index in [1.165, 1.54) is 9.21 Å². The molecule has 0 aromatic heterocycles. The first kappa shape index (κ1) is 20.5. The van der Waals surface area contributed by atoms with Crippen molar-refractivity contribution >= 4 is 22.0 Å². The minimum atomic E-state index is -3.59. The molecule has 8 nitrogen and oxygen atoms in total. The Bertz CT molecular complexity index is 675. The van der Waals surface area contributed by atoms with Crippen molar-refractivity contribution in [3.05, 3.63) is 30.3 Å². The number of para-hydroxylation sites is 1. The van der Waals surface area contributed by atoms with Crippen molar-refractivity contribution in [2.75, 3.05) is 51.3 Å². The number of nitrogens with zero attached hydrogens (tertiary/aromatic N) is 3. The van der Waals surface area contributed by atoms with Gasteiger partial charge in [0.25, 0.3) is 10.2 Å². The minimum absolute atomic E-state index is 0.256. The van der Waals surface area contributed by atoms with E-state index in [0.29, 0.717) is 26.2 Å². The van der Waals surface area contributed by atoms with Gasteiger partial charge < -0.3 is 14.5 Å². The summed E-state index contributed by atoms with van der Waals surface area (Å²) in [5.74, 6) is 0. The number of carbonyl (C=O) groups is 1. The molecule has 1 aromatic rings. The van der Waals surface area contributed by atoms with E-state index < -0.39 is 16.3 Å². The predicted molar refractivity (Wildman–Crippen MR) is 101 cm³/mol. The van der Waals surface area contributed by atoms with E-state index in [4.69, 9.17) is 4.74 Å². The van der Waals surface area contributed by atoms with Gasteiger partial charge in [-0.3, -0.25) is 0 Å². The molecule has 0 saturated carbocycles. The fraction of sp³-hybridized carbons (Fsp3) is 0.588. The third-order valence-electron chi connectivity index (χ3n) is 4.20. The average molecular weight is 385 g/mol. The summed E-state index contributed by atoms with van der Waals surface area (Å²) in [5.41, 5.74) is 1.03. The quantitative estimate of drug-likeness (QED) is 0.762. The van der Waals surface area contributed by atoms with Gasteiger partial charge in [-0.05, 0) is 26.0 Å². The van der Waals surface area contributed by atoms with Crippen LogP contribution in [0.5, 0.6) is 0 Å². The normalized spacial score (nSPS) is 17.0. The maximum Gasteiger partial charge on any atom is 0.409 e. The van der Waals surface area contributed by atoms with Crippen LogP contribution >= 0.6 is 0 Å². The van der Waals surface area contributed by atoms with Crippen LogP contribution in [0.15, 0.2) is 30.3 Å². The van der Waals surface area contributed by atoms with E-state index in [-0.39, 0.29) is 19.1 Å². The Labute approximate surface area is 155 Å². The zero-order valence-electron chi connectivity index (χ0n) is 15.6. The molecule has 0 bridgehead atoms. The lowest BCUT2D eigenvalue weighted by Crippen LogP contribution is -2.55. The summed E-state index contributed by atoms with van der Waals surface area (Å²) in [6.45, 7) is 5.63. The third kappa shape index (κ3) is 5.58. The Morgan fingerprint density at radius 2 is 1.85 bits per heavy atom. The highest BCUT2D eigenvalue weighted by molar-refractivity contribution is 7.87. The van der Waals surface area contributed by atoms with Gasteiger partial charge in [0, 0.05) is 51.5 Å². The third-order valence-corrected chi connectivity index (χ3v) is 5.94. The molecule has 9 heteroatoms. The molecule has 1 aliphatic heterocycles. The van der Waals surface area contributed by atoms with E-state index in [1.807, 2.05) is 49.2 Å². The molecular weight excluding hydrogens is 356 g/mol. The summed E-state index contributed by atoms with van der Waals surface area (Å²) < 4.78 is 34.2. The van der Waals surface area contributed by atoms with E-state index >= 15 is 0 Å². The van der Waals surface area contributed by atoms with Crippen LogP contribution < -0.4 is 9.62 Å². The molecule has 1 fully saturated rings. The minimum Gasteiger partial charge on any atom is -0.450 e. The maximum atomic E-state index is 12.6. The number of anilines is 1. The molecule has 0 aliphatic carbocycles. The van der Waals surface area contributed by atoms with Gasteiger partial charge in [0.1, 0.15) is 0 Å². The molecule has 1 heterocycles. The Morgan fingerprint density at radius 1 is 1.23 bits per heavy atom. The molecule has 0 unspecified atom stereocenters. The molecule has 1 saturated heterocycles. The summed E-state index contributed by atoms with van der Waals surface area (Å²) in [7, 11) is -1.67. The molecule has 146 valence electrons. The molecule has 0 spiro atoms. The van der Waals surface area contributed by atoms with Crippen LogP contribution in [-0.4, -0.2) is 76.1 Å². The number of benzene rings is 1. The monoisotopic (exact) mass is 384 g/mol. The molecule has 1 N–H and O–H groups in total. The second-order valence-electron chi connectivity index (χ2n) is 6.33. The van der Waals surface area contributed by atoms with Gasteiger partial charge in [-0.25, -0.2) is 4.79 Å². The number of nitrogens with one attached hydrogen (secondary N) is 1. The molecule has 1 aromatic carbocycles.